The molecule has 2 unspecified atom stereocenters. The molecule has 4 nitrogen and oxygen atoms in total. The van der Waals surface area contributed by atoms with Gasteiger partial charge in [-0.1, -0.05) is 0 Å². The molecule has 0 radical (unpaired) electrons. The molecular weight excluding hydrogens is 339 g/mol. The predicted octanol–water partition coefficient (Wildman–Crippen LogP) is 2.70. The highest BCUT2D eigenvalue weighted by molar-refractivity contribution is 9.10. The number of piperidine rings is 1. The number of carbonyl (C=O) groups excluding carboxylic acids is 1. The minimum Gasteiger partial charge on any atom is -0.480 e. The third kappa shape index (κ3) is 3.95. The summed E-state index contributed by atoms with van der Waals surface area (Å²) in [6.07, 6.45) is 2.41. The minimum absolute atomic E-state index is 0.0682. The molecule has 1 amide bonds. The zero-order valence-corrected chi connectivity index (χ0v) is 13.6. The van der Waals surface area contributed by atoms with Crippen molar-refractivity contribution < 1.29 is 13.9 Å². The van der Waals surface area contributed by atoms with Gasteiger partial charge in [0, 0.05) is 19.1 Å². The van der Waals surface area contributed by atoms with Crippen molar-refractivity contribution >= 4 is 21.8 Å². The van der Waals surface area contributed by atoms with Crippen LogP contribution in [-0.4, -0.2) is 36.0 Å². The van der Waals surface area contributed by atoms with Crippen LogP contribution in [-0.2, 0) is 4.79 Å². The molecule has 0 spiro atoms. The van der Waals surface area contributed by atoms with Crippen LogP contribution in [0.3, 0.4) is 0 Å². The van der Waals surface area contributed by atoms with E-state index in [9.17, 15) is 9.18 Å². The summed E-state index contributed by atoms with van der Waals surface area (Å²) in [4.78, 5) is 14.3. The number of nitrogens with two attached hydrogens (primary N) is 1. The largest absolute Gasteiger partial charge is 0.480 e. The summed E-state index contributed by atoms with van der Waals surface area (Å²) < 4.78 is 19.2. The topological polar surface area (TPSA) is 55.6 Å². The molecular formula is C15H20BrFN2O2. The van der Waals surface area contributed by atoms with E-state index in [2.05, 4.69) is 15.9 Å². The lowest BCUT2D eigenvalue weighted by Gasteiger charge is -2.36. The normalized spacial score (nSPS) is 20.2. The molecule has 0 saturated carbocycles. The van der Waals surface area contributed by atoms with Crippen molar-refractivity contribution in [2.24, 2.45) is 5.73 Å². The summed E-state index contributed by atoms with van der Waals surface area (Å²) in [5.74, 6) is 0.0346. The molecule has 0 bridgehead atoms. The zero-order chi connectivity index (χ0) is 15.4. The number of rotatable bonds is 4. The minimum atomic E-state index is -0.626. The van der Waals surface area contributed by atoms with E-state index in [0.717, 1.165) is 25.8 Å². The number of benzene rings is 1. The summed E-state index contributed by atoms with van der Waals surface area (Å²) >= 11 is 3.24. The molecule has 1 heterocycles. The summed E-state index contributed by atoms with van der Waals surface area (Å²) in [6.45, 7) is 2.90. The number of hydrogen-bond acceptors (Lipinski definition) is 3. The second-order valence-corrected chi connectivity index (χ2v) is 6.11. The fourth-order valence-corrected chi connectivity index (χ4v) is 3.03. The van der Waals surface area contributed by atoms with E-state index in [4.69, 9.17) is 10.5 Å². The maximum atomic E-state index is 13.1. The lowest BCUT2D eigenvalue weighted by atomic mass is 10.0. The summed E-state index contributed by atoms with van der Waals surface area (Å²) in [5.41, 5.74) is 5.74. The monoisotopic (exact) mass is 358 g/mol. The van der Waals surface area contributed by atoms with Crippen LogP contribution in [0, 0.1) is 5.82 Å². The van der Waals surface area contributed by atoms with Crippen LogP contribution in [0.15, 0.2) is 22.7 Å². The predicted molar refractivity (Wildman–Crippen MR) is 82.6 cm³/mol. The number of likely N-dealkylation sites (tertiary alicyclic amines) is 1. The van der Waals surface area contributed by atoms with Gasteiger partial charge in [-0.2, -0.15) is 0 Å². The van der Waals surface area contributed by atoms with Crippen molar-refractivity contribution in [3.05, 3.63) is 28.5 Å². The van der Waals surface area contributed by atoms with Crippen molar-refractivity contribution in [2.45, 2.75) is 38.3 Å². The van der Waals surface area contributed by atoms with E-state index in [1.54, 1.807) is 6.92 Å². The molecule has 1 aromatic carbocycles. The van der Waals surface area contributed by atoms with E-state index in [-0.39, 0.29) is 17.8 Å². The van der Waals surface area contributed by atoms with Crippen molar-refractivity contribution in [3.8, 4) is 5.75 Å². The standard InChI is InChI=1S/C15H20BrFN2O2/c1-10(21-14-6-5-11(17)8-13(14)16)15(20)19-7-3-2-4-12(19)9-18/h5-6,8,10,12H,2-4,7,9,18H2,1H3. The first-order valence-corrected chi connectivity index (χ1v) is 7.94. The van der Waals surface area contributed by atoms with E-state index >= 15 is 0 Å². The molecule has 2 atom stereocenters. The zero-order valence-electron chi connectivity index (χ0n) is 12.0. The van der Waals surface area contributed by atoms with E-state index < -0.39 is 6.10 Å². The SMILES string of the molecule is CC(Oc1ccc(F)cc1Br)C(=O)N1CCCCC1CN. The highest BCUT2D eigenvalue weighted by Crippen LogP contribution is 2.27. The Morgan fingerprint density at radius 3 is 3.00 bits per heavy atom. The first-order chi connectivity index (χ1) is 10.0. The van der Waals surface area contributed by atoms with Crippen LogP contribution in [0.1, 0.15) is 26.2 Å². The van der Waals surface area contributed by atoms with Crippen molar-refractivity contribution in [2.75, 3.05) is 13.1 Å². The van der Waals surface area contributed by atoms with Crippen LogP contribution >= 0.6 is 15.9 Å². The van der Waals surface area contributed by atoms with Crippen molar-refractivity contribution in [1.82, 2.24) is 4.90 Å². The quantitative estimate of drug-likeness (QED) is 0.900. The summed E-state index contributed by atoms with van der Waals surface area (Å²) in [5, 5.41) is 0. The van der Waals surface area contributed by atoms with Crippen LogP contribution in [0.4, 0.5) is 4.39 Å². The van der Waals surface area contributed by atoms with Crippen molar-refractivity contribution in [3.63, 3.8) is 0 Å². The number of hydrogen-bond donors (Lipinski definition) is 1. The van der Waals surface area contributed by atoms with Gasteiger partial charge < -0.3 is 15.4 Å². The van der Waals surface area contributed by atoms with E-state index in [1.165, 1.54) is 18.2 Å². The average Bonchev–Trinajstić information content (AvgIpc) is 2.49. The molecule has 2 rings (SSSR count). The van der Waals surface area contributed by atoms with Crippen molar-refractivity contribution in [1.29, 1.82) is 0 Å². The Morgan fingerprint density at radius 2 is 2.33 bits per heavy atom. The van der Waals surface area contributed by atoms with Crippen LogP contribution < -0.4 is 10.5 Å². The molecule has 1 fully saturated rings. The molecule has 1 aliphatic heterocycles. The summed E-state index contributed by atoms with van der Waals surface area (Å²) in [6, 6.07) is 4.23. The van der Waals surface area contributed by atoms with Gasteiger partial charge in [-0.15, -0.1) is 0 Å². The molecule has 2 N–H and O–H groups in total. The Morgan fingerprint density at radius 1 is 1.57 bits per heavy atom. The molecule has 6 heteroatoms. The number of halogens is 2. The Hall–Kier alpha value is -1.14. The third-order valence-electron chi connectivity index (χ3n) is 3.73. The van der Waals surface area contributed by atoms with Gasteiger partial charge in [-0.3, -0.25) is 4.79 Å². The maximum Gasteiger partial charge on any atom is 0.263 e. The number of ether oxygens (including phenoxy) is 1. The Bertz CT molecular complexity index is 512. The molecule has 0 aromatic heterocycles. The first-order valence-electron chi connectivity index (χ1n) is 7.15. The van der Waals surface area contributed by atoms with E-state index in [0.29, 0.717) is 16.8 Å². The lowest BCUT2D eigenvalue weighted by Crippen LogP contribution is -2.51. The third-order valence-corrected chi connectivity index (χ3v) is 4.35. The van der Waals surface area contributed by atoms with Gasteiger partial charge in [0.05, 0.1) is 4.47 Å². The average molecular weight is 359 g/mol. The Kier molecular flexibility index (Phi) is 5.58. The molecule has 0 aliphatic carbocycles. The number of amides is 1. The van der Waals surface area contributed by atoms with Gasteiger partial charge in [-0.25, -0.2) is 4.39 Å². The number of nitrogens with zero attached hydrogens (tertiary/aromatic N) is 1. The van der Waals surface area contributed by atoms with Crippen LogP contribution in [0.5, 0.6) is 5.75 Å². The highest BCUT2D eigenvalue weighted by atomic mass is 79.9. The number of carbonyl (C=O) groups is 1. The second-order valence-electron chi connectivity index (χ2n) is 5.25. The van der Waals surface area contributed by atoms with Gasteiger partial charge in [-0.05, 0) is 60.3 Å². The smallest absolute Gasteiger partial charge is 0.263 e. The summed E-state index contributed by atoms with van der Waals surface area (Å²) in [7, 11) is 0. The van der Waals surface area contributed by atoms with Crippen LogP contribution in [0.2, 0.25) is 0 Å². The molecule has 1 aliphatic rings. The van der Waals surface area contributed by atoms with Gasteiger partial charge in [0.2, 0.25) is 0 Å². The van der Waals surface area contributed by atoms with Gasteiger partial charge >= 0.3 is 0 Å². The first kappa shape index (κ1) is 16.2. The molecule has 116 valence electrons. The maximum absolute atomic E-state index is 13.1. The van der Waals surface area contributed by atoms with Gasteiger partial charge in [0.15, 0.2) is 6.10 Å². The van der Waals surface area contributed by atoms with E-state index in [1.807, 2.05) is 4.90 Å². The Balaban J connectivity index is 2.04. The highest BCUT2D eigenvalue weighted by Gasteiger charge is 2.30. The molecule has 21 heavy (non-hydrogen) atoms. The van der Waals surface area contributed by atoms with Gasteiger partial charge in [0.1, 0.15) is 11.6 Å². The lowest BCUT2D eigenvalue weighted by molar-refractivity contribution is -0.141. The Labute approximate surface area is 132 Å². The fraction of sp³-hybridized carbons (Fsp3) is 0.533. The second kappa shape index (κ2) is 7.22. The molecule has 1 saturated heterocycles. The fourth-order valence-electron chi connectivity index (χ4n) is 2.58. The molecule has 1 aromatic rings. The van der Waals surface area contributed by atoms with Gasteiger partial charge in [0.25, 0.3) is 5.91 Å². The van der Waals surface area contributed by atoms with Crippen LogP contribution in [0.25, 0.3) is 0 Å².